The minimum absolute atomic E-state index is 0.173. The van der Waals surface area contributed by atoms with Crippen LogP contribution in [0, 0.1) is 11.2 Å². The topological polar surface area (TPSA) is 12.0 Å². The molecule has 0 amide bonds. The van der Waals surface area contributed by atoms with E-state index in [1.807, 2.05) is 12.1 Å². The predicted molar refractivity (Wildman–Crippen MR) is 62.2 cm³/mol. The first kappa shape index (κ1) is 12.2. The van der Waals surface area contributed by atoms with Gasteiger partial charge in [0, 0.05) is 6.54 Å². The van der Waals surface area contributed by atoms with Crippen LogP contribution >= 0.6 is 0 Å². The summed E-state index contributed by atoms with van der Waals surface area (Å²) in [5.41, 5.74) is 1.50. The third-order valence-corrected chi connectivity index (χ3v) is 2.29. The van der Waals surface area contributed by atoms with Gasteiger partial charge in [-0.1, -0.05) is 32.9 Å². The Bertz CT molecular complexity index is 284. The Morgan fingerprint density at radius 2 is 1.73 bits per heavy atom. The number of rotatable bonds is 4. The highest BCUT2D eigenvalue weighted by molar-refractivity contribution is 5.15. The van der Waals surface area contributed by atoms with Gasteiger partial charge < -0.3 is 5.32 Å². The molecule has 0 spiro atoms. The van der Waals surface area contributed by atoms with Crippen LogP contribution in [0.3, 0.4) is 0 Å². The molecule has 1 aromatic rings. The van der Waals surface area contributed by atoms with Crippen molar-refractivity contribution >= 4 is 0 Å². The zero-order valence-electron chi connectivity index (χ0n) is 9.81. The number of halogens is 1. The second-order valence-electron chi connectivity index (χ2n) is 5.11. The van der Waals surface area contributed by atoms with Crippen LogP contribution in [-0.4, -0.2) is 6.54 Å². The number of hydrogen-bond acceptors (Lipinski definition) is 1. The van der Waals surface area contributed by atoms with Crippen molar-refractivity contribution in [1.82, 2.24) is 5.32 Å². The summed E-state index contributed by atoms with van der Waals surface area (Å²) >= 11 is 0. The first-order chi connectivity index (χ1) is 6.97. The molecular weight excluding hydrogens is 189 g/mol. The summed E-state index contributed by atoms with van der Waals surface area (Å²) in [6.07, 6.45) is 1.15. The van der Waals surface area contributed by atoms with Gasteiger partial charge >= 0.3 is 0 Å². The molecule has 0 unspecified atom stereocenters. The van der Waals surface area contributed by atoms with Crippen LogP contribution in [0.1, 0.15) is 32.8 Å². The van der Waals surface area contributed by atoms with Crippen molar-refractivity contribution in [2.75, 3.05) is 6.54 Å². The molecule has 1 aromatic carbocycles. The van der Waals surface area contributed by atoms with E-state index in [1.54, 1.807) is 0 Å². The lowest BCUT2D eigenvalue weighted by atomic mass is 9.92. The zero-order valence-corrected chi connectivity index (χ0v) is 9.81. The first-order valence-electron chi connectivity index (χ1n) is 5.42. The summed E-state index contributed by atoms with van der Waals surface area (Å²) in [7, 11) is 0. The lowest BCUT2D eigenvalue weighted by molar-refractivity contribution is 0.366. The highest BCUT2D eigenvalue weighted by Crippen LogP contribution is 2.17. The largest absolute Gasteiger partial charge is 0.313 e. The first-order valence-corrected chi connectivity index (χ1v) is 5.42. The quantitative estimate of drug-likeness (QED) is 0.750. The van der Waals surface area contributed by atoms with E-state index in [9.17, 15) is 4.39 Å². The molecule has 0 bridgehead atoms. The molecule has 1 rings (SSSR count). The predicted octanol–water partition coefficient (Wildman–Crippen LogP) is 3.35. The summed E-state index contributed by atoms with van der Waals surface area (Å²) < 4.78 is 12.6. The summed E-state index contributed by atoms with van der Waals surface area (Å²) in [6.45, 7) is 8.50. The minimum Gasteiger partial charge on any atom is -0.313 e. The maximum Gasteiger partial charge on any atom is 0.123 e. The molecule has 0 atom stereocenters. The molecule has 0 fully saturated rings. The molecular formula is C13H20FN. The van der Waals surface area contributed by atoms with Gasteiger partial charge in [0.1, 0.15) is 5.82 Å². The van der Waals surface area contributed by atoms with Crippen molar-refractivity contribution in [2.24, 2.45) is 5.41 Å². The van der Waals surface area contributed by atoms with E-state index in [1.165, 1.54) is 12.1 Å². The molecule has 15 heavy (non-hydrogen) atoms. The maximum absolute atomic E-state index is 12.6. The fraction of sp³-hybridized carbons (Fsp3) is 0.538. The molecule has 0 radical (unpaired) electrons. The van der Waals surface area contributed by atoms with Crippen molar-refractivity contribution in [3.8, 4) is 0 Å². The van der Waals surface area contributed by atoms with Crippen molar-refractivity contribution < 1.29 is 4.39 Å². The van der Waals surface area contributed by atoms with Gasteiger partial charge in [-0.3, -0.25) is 0 Å². The van der Waals surface area contributed by atoms with Gasteiger partial charge in [-0.15, -0.1) is 0 Å². The lowest BCUT2D eigenvalue weighted by Gasteiger charge is -2.18. The Hall–Kier alpha value is -0.890. The molecule has 84 valence electrons. The Labute approximate surface area is 91.7 Å². The van der Waals surface area contributed by atoms with Gasteiger partial charge in [0.25, 0.3) is 0 Å². The highest BCUT2D eigenvalue weighted by atomic mass is 19.1. The normalized spacial score (nSPS) is 11.7. The number of hydrogen-bond donors (Lipinski definition) is 1. The van der Waals surface area contributed by atoms with Crippen LogP contribution in [0.15, 0.2) is 24.3 Å². The monoisotopic (exact) mass is 209 g/mol. The molecule has 0 aromatic heterocycles. The van der Waals surface area contributed by atoms with Crippen LogP contribution in [0.2, 0.25) is 0 Å². The van der Waals surface area contributed by atoms with Gasteiger partial charge in [0.2, 0.25) is 0 Å². The second-order valence-corrected chi connectivity index (χ2v) is 5.11. The van der Waals surface area contributed by atoms with E-state index >= 15 is 0 Å². The van der Waals surface area contributed by atoms with Crippen molar-refractivity contribution in [1.29, 1.82) is 0 Å². The van der Waals surface area contributed by atoms with Gasteiger partial charge in [0.15, 0.2) is 0 Å². The third kappa shape index (κ3) is 5.53. The van der Waals surface area contributed by atoms with Gasteiger partial charge in [0.05, 0.1) is 0 Å². The molecule has 0 aliphatic carbocycles. The molecule has 2 heteroatoms. The Morgan fingerprint density at radius 1 is 1.13 bits per heavy atom. The number of nitrogens with one attached hydrogen (secondary N) is 1. The van der Waals surface area contributed by atoms with Gasteiger partial charge in [-0.05, 0) is 36.1 Å². The zero-order chi connectivity index (χ0) is 11.3. The van der Waals surface area contributed by atoms with Crippen LogP contribution < -0.4 is 5.32 Å². The third-order valence-electron chi connectivity index (χ3n) is 2.29. The molecule has 0 aliphatic heterocycles. The Morgan fingerprint density at radius 3 is 2.27 bits per heavy atom. The standard InChI is InChI=1S/C13H20FN/c1-13(2,3)8-9-15-10-11-4-6-12(14)7-5-11/h4-7,15H,8-10H2,1-3H3. The average molecular weight is 209 g/mol. The average Bonchev–Trinajstić information content (AvgIpc) is 2.14. The summed E-state index contributed by atoms with van der Waals surface area (Å²) in [4.78, 5) is 0. The summed E-state index contributed by atoms with van der Waals surface area (Å²) in [6, 6.07) is 6.64. The van der Waals surface area contributed by atoms with E-state index in [4.69, 9.17) is 0 Å². The van der Waals surface area contributed by atoms with Crippen molar-refractivity contribution in [3.05, 3.63) is 35.6 Å². The van der Waals surface area contributed by atoms with Crippen molar-refractivity contribution in [2.45, 2.75) is 33.7 Å². The van der Waals surface area contributed by atoms with Crippen LogP contribution in [0.25, 0.3) is 0 Å². The second kappa shape index (κ2) is 5.26. The fourth-order valence-corrected chi connectivity index (χ4v) is 1.30. The smallest absolute Gasteiger partial charge is 0.123 e. The molecule has 0 heterocycles. The molecule has 0 saturated heterocycles. The van der Waals surface area contributed by atoms with Crippen LogP contribution in [0.4, 0.5) is 4.39 Å². The minimum atomic E-state index is -0.173. The van der Waals surface area contributed by atoms with E-state index < -0.39 is 0 Å². The lowest BCUT2D eigenvalue weighted by Crippen LogP contribution is -2.20. The number of benzene rings is 1. The van der Waals surface area contributed by atoms with E-state index in [0.717, 1.165) is 25.1 Å². The maximum atomic E-state index is 12.6. The fourth-order valence-electron chi connectivity index (χ4n) is 1.30. The van der Waals surface area contributed by atoms with Gasteiger partial charge in [-0.25, -0.2) is 4.39 Å². The molecule has 0 saturated carbocycles. The van der Waals surface area contributed by atoms with Crippen LogP contribution in [-0.2, 0) is 6.54 Å². The summed E-state index contributed by atoms with van der Waals surface area (Å²) in [5.74, 6) is -0.173. The Balaban J connectivity index is 2.23. The summed E-state index contributed by atoms with van der Waals surface area (Å²) in [5, 5.41) is 3.36. The van der Waals surface area contributed by atoms with E-state index in [0.29, 0.717) is 5.41 Å². The Kier molecular flexibility index (Phi) is 4.28. The van der Waals surface area contributed by atoms with E-state index in [-0.39, 0.29) is 5.82 Å². The molecule has 1 N–H and O–H groups in total. The highest BCUT2D eigenvalue weighted by Gasteiger charge is 2.08. The van der Waals surface area contributed by atoms with Gasteiger partial charge in [-0.2, -0.15) is 0 Å². The SMILES string of the molecule is CC(C)(C)CCNCc1ccc(F)cc1. The molecule has 0 aliphatic rings. The van der Waals surface area contributed by atoms with Crippen LogP contribution in [0.5, 0.6) is 0 Å². The molecule has 1 nitrogen and oxygen atoms in total. The van der Waals surface area contributed by atoms with Crippen molar-refractivity contribution in [3.63, 3.8) is 0 Å². The van der Waals surface area contributed by atoms with E-state index in [2.05, 4.69) is 26.1 Å².